The normalized spacial score (nSPS) is 10.4. The van der Waals surface area contributed by atoms with E-state index < -0.39 is 0 Å². The molecule has 18 heavy (non-hydrogen) atoms. The Morgan fingerprint density at radius 1 is 1.56 bits per heavy atom. The highest BCUT2D eigenvalue weighted by Gasteiger charge is 2.16. The fraction of sp³-hybridized carbons (Fsp3) is 0.0909. The lowest BCUT2D eigenvalue weighted by Crippen LogP contribution is -2.18. The molecule has 94 valence electrons. The van der Waals surface area contributed by atoms with Crippen molar-refractivity contribution < 1.29 is 4.79 Å². The van der Waals surface area contributed by atoms with Crippen LogP contribution in [-0.2, 0) is 7.05 Å². The van der Waals surface area contributed by atoms with Gasteiger partial charge in [0.15, 0.2) is 0 Å². The zero-order valence-electron chi connectivity index (χ0n) is 9.45. The number of nitrogens with two attached hydrogens (primary N) is 1. The first kappa shape index (κ1) is 13.3. The van der Waals surface area contributed by atoms with Crippen molar-refractivity contribution in [2.24, 2.45) is 7.05 Å². The summed E-state index contributed by atoms with van der Waals surface area (Å²) < 4.78 is 3.30. The van der Waals surface area contributed by atoms with Gasteiger partial charge in [-0.25, -0.2) is 0 Å². The molecule has 1 heterocycles. The number of nitrogen functional groups attached to an aromatic ring is 1. The van der Waals surface area contributed by atoms with E-state index in [1.807, 2.05) is 18.2 Å². The Labute approximate surface area is 126 Å². The van der Waals surface area contributed by atoms with Crippen LogP contribution < -0.4 is 11.1 Å². The minimum absolute atomic E-state index is 0.275. The smallest absolute Gasteiger partial charge is 0.276 e. The Balaban J connectivity index is 2.30. The van der Waals surface area contributed by atoms with Crippen LogP contribution in [0.2, 0.25) is 0 Å². The van der Waals surface area contributed by atoms with E-state index in [4.69, 9.17) is 5.73 Å². The Bertz CT molecular complexity index is 592. The highest BCUT2D eigenvalue weighted by molar-refractivity contribution is 14.1. The predicted molar refractivity (Wildman–Crippen MR) is 82.4 cm³/mol. The maximum atomic E-state index is 12.1. The quantitative estimate of drug-likeness (QED) is 0.733. The van der Waals surface area contributed by atoms with Gasteiger partial charge in [0, 0.05) is 15.1 Å². The van der Waals surface area contributed by atoms with Crippen LogP contribution in [0.1, 0.15) is 10.5 Å². The summed E-state index contributed by atoms with van der Waals surface area (Å²) in [7, 11) is 1.68. The van der Waals surface area contributed by atoms with Gasteiger partial charge in [0.25, 0.3) is 5.91 Å². The average molecular weight is 421 g/mol. The van der Waals surface area contributed by atoms with Crippen LogP contribution in [0.5, 0.6) is 0 Å². The number of benzene rings is 1. The second-order valence-corrected chi connectivity index (χ2v) is 5.73. The molecule has 1 amide bonds. The first-order valence-corrected chi connectivity index (χ1v) is 6.90. The number of hydrogen-bond donors (Lipinski definition) is 2. The fourth-order valence-electron chi connectivity index (χ4n) is 1.51. The summed E-state index contributed by atoms with van der Waals surface area (Å²) in [5, 5.41) is 6.76. The van der Waals surface area contributed by atoms with Gasteiger partial charge < -0.3 is 11.1 Å². The van der Waals surface area contributed by atoms with Gasteiger partial charge in [-0.1, -0.05) is 15.9 Å². The van der Waals surface area contributed by atoms with Gasteiger partial charge in [-0.2, -0.15) is 5.10 Å². The third kappa shape index (κ3) is 2.66. The average Bonchev–Trinajstić information content (AvgIpc) is 2.63. The number of nitrogens with zero attached hydrogens (tertiary/aromatic N) is 2. The van der Waals surface area contributed by atoms with Crippen molar-refractivity contribution in [1.29, 1.82) is 0 Å². The van der Waals surface area contributed by atoms with E-state index >= 15 is 0 Å². The van der Waals surface area contributed by atoms with Gasteiger partial charge in [-0.05, 0) is 40.8 Å². The molecule has 0 saturated heterocycles. The number of anilines is 2. The summed E-state index contributed by atoms with van der Waals surface area (Å²) in [5.74, 6) is -0.275. The summed E-state index contributed by atoms with van der Waals surface area (Å²) in [4.78, 5) is 12.1. The van der Waals surface area contributed by atoms with E-state index in [1.54, 1.807) is 7.05 Å². The molecule has 0 aliphatic rings. The molecule has 0 bridgehead atoms. The molecule has 0 atom stereocenters. The van der Waals surface area contributed by atoms with Crippen LogP contribution in [0, 0.1) is 3.57 Å². The van der Waals surface area contributed by atoms with E-state index in [9.17, 15) is 4.79 Å². The Kier molecular flexibility index (Phi) is 3.91. The SMILES string of the molecule is Cn1ncc(N)c1C(=O)Nc1cc(Br)ccc1I. The van der Waals surface area contributed by atoms with Gasteiger partial charge in [-0.3, -0.25) is 9.48 Å². The molecule has 1 aromatic heterocycles. The molecule has 2 rings (SSSR count). The highest BCUT2D eigenvalue weighted by Crippen LogP contribution is 2.24. The zero-order valence-corrected chi connectivity index (χ0v) is 13.2. The molecular formula is C11H10BrIN4O. The van der Waals surface area contributed by atoms with Crippen molar-refractivity contribution in [1.82, 2.24) is 9.78 Å². The number of aromatic nitrogens is 2. The van der Waals surface area contributed by atoms with Crippen molar-refractivity contribution in [3.63, 3.8) is 0 Å². The molecular weight excluding hydrogens is 411 g/mol. The van der Waals surface area contributed by atoms with Crippen molar-refractivity contribution >= 4 is 55.8 Å². The van der Waals surface area contributed by atoms with Gasteiger partial charge in [0.1, 0.15) is 5.69 Å². The summed E-state index contributed by atoms with van der Waals surface area (Å²) in [5.41, 5.74) is 7.15. The largest absolute Gasteiger partial charge is 0.396 e. The maximum absolute atomic E-state index is 12.1. The number of carbonyl (C=O) groups is 1. The third-order valence-electron chi connectivity index (χ3n) is 2.36. The van der Waals surface area contributed by atoms with Gasteiger partial charge >= 0.3 is 0 Å². The van der Waals surface area contributed by atoms with E-state index in [0.717, 1.165) is 13.7 Å². The molecule has 5 nitrogen and oxygen atoms in total. The zero-order chi connectivity index (χ0) is 13.3. The second-order valence-electron chi connectivity index (χ2n) is 3.65. The molecule has 0 radical (unpaired) electrons. The number of rotatable bonds is 2. The van der Waals surface area contributed by atoms with E-state index in [2.05, 4.69) is 48.9 Å². The minimum Gasteiger partial charge on any atom is -0.396 e. The lowest BCUT2D eigenvalue weighted by atomic mass is 10.3. The third-order valence-corrected chi connectivity index (χ3v) is 3.79. The van der Waals surface area contributed by atoms with Crippen molar-refractivity contribution in [2.75, 3.05) is 11.1 Å². The molecule has 0 fully saturated rings. The topological polar surface area (TPSA) is 72.9 Å². The number of halogens is 2. The number of hydrogen-bond acceptors (Lipinski definition) is 3. The number of aryl methyl sites for hydroxylation is 1. The number of carbonyl (C=O) groups excluding carboxylic acids is 1. The predicted octanol–water partition coefficient (Wildman–Crippen LogP) is 2.62. The molecule has 1 aromatic carbocycles. The van der Waals surface area contributed by atoms with Crippen LogP contribution >= 0.6 is 38.5 Å². The Morgan fingerprint density at radius 2 is 2.28 bits per heavy atom. The summed E-state index contributed by atoms with van der Waals surface area (Å²) in [6, 6.07) is 5.66. The molecule has 7 heteroatoms. The van der Waals surface area contributed by atoms with Crippen LogP contribution in [0.25, 0.3) is 0 Å². The van der Waals surface area contributed by atoms with E-state index in [0.29, 0.717) is 11.4 Å². The van der Waals surface area contributed by atoms with Crippen molar-refractivity contribution in [3.8, 4) is 0 Å². The van der Waals surface area contributed by atoms with Gasteiger partial charge in [-0.15, -0.1) is 0 Å². The summed E-state index contributed by atoms with van der Waals surface area (Å²) in [6.07, 6.45) is 1.46. The standard InChI is InChI=1S/C11H10BrIN4O/c1-17-10(8(14)5-15-17)11(18)16-9-4-6(12)2-3-7(9)13/h2-5H,14H2,1H3,(H,16,18). The number of amides is 1. The lowest BCUT2D eigenvalue weighted by Gasteiger charge is -2.08. The molecule has 0 aliphatic carbocycles. The van der Waals surface area contributed by atoms with Gasteiger partial charge in [0.05, 0.1) is 17.6 Å². The molecule has 0 aliphatic heterocycles. The van der Waals surface area contributed by atoms with Crippen molar-refractivity contribution in [2.45, 2.75) is 0 Å². The minimum atomic E-state index is -0.275. The van der Waals surface area contributed by atoms with Crippen LogP contribution in [0.15, 0.2) is 28.9 Å². The monoisotopic (exact) mass is 420 g/mol. The molecule has 0 spiro atoms. The second kappa shape index (κ2) is 5.27. The van der Waals surface area contributed by atoms with Crippen LogP contribution in [-0.4, -0.2) is 15.7 Å². The van der Waals surface area contributed by atoms with Crippen LogP contribution in [0.4, 0.5) is 11.4 Å². The Morgan fingerprint density at radius 3 is 2.89 bits per heavy atom. The Hall–Kier alpha value is -1.09. The molecule has 0 unspecified atom stereocenters. The van der Waals surface area contributed by atoms with Crippen molar-refractivity contribution in [3.05, 3.63) is 38.1 Å². The molecule has 0 saturated carbocycles. The fourth-order valence-corrected chi connectivity index (χ4v) is 2.34. The lowest BCUT2D eigenvalue weighted by molar-refractivity contribution is 0.101. The highest BCUT2D eigenvalue weighted by atomic mass is 127. The van der Waals surface area contributed by atoms with Gasteiger partial charge in [0.2, 0.25) is 0 Å². The number of nitrogens with one attached hydrogen (secondary N) is 1. The van der Waals surface area contributed by atoms with Crippen LogP contribution in [0.3, 0.4) is 0 Å². The first-order valence-electron chi connectivity index (χ1n) is 5.03. The molecule has 3 N–H and O–H groups in total. The summed E-state index contributed by atoms with van der Waals surface area (Å²) >= 11 is 5.52. The molecule has 2 aromatic rings. The van der Waals surface area contributed by atoms with E-state index in [1.165, 1.54) is 10.9 Å². The summed E-state index contributed by atoms with van der Waals surface area (Å²) in [6.45, 7) is 0. The maximum Gasteiger partial charge on any atom is 0.276 e. The first-order chi connectivity index (χ1) is 8.49. The van der Waals surface area contributed by atoms with E-state index in [-0.39, 0.29) is 5.91 Å².